The number of primary amides is 1. The summed E-state index contributed by atoms with van der Waals surface area (Å²) in [6.07, 6.45) is 1.77. The van der Waals surface area contributed by atoms with Crippen molar-refractivity contribution >= 4 is 28.0 Å². The fourth-order valence-electron chi connectivity index (χ4n) is 5.46. The van der Waals surface area contributed by atoms with Gasteiger partial charge in [-0.05, 0) is 87.7 Å². The molecule has 4 heterocycles. The summed E-state index contributed by atoms with van der Waals surface area (Å²) in [5, 5.41) is 0. The van der Waals surface area contributed by atoms with E-state index in [1.807, 2.05) is 20.9 Å². The number of hydrogen-bond donors (Lipinski definition) is 3. The van der Waals surface area contributed by atoms with Crippen LogP contribution in [0.5, 0.6) is 0 Å². The number of carbonyl (C=O) groups excluding carboxylic acids is 1. The first-order valence-corrected chi connectivity index (χ1v) is 12.8. The molecule has 6 rings (SSSR count). The van der Waals surface area contributed by atoms with Crippen molar-refractivity contribution in [3.8, 4) is 0 Å². The molecule has 4 N–H and O–H groups in total. The Morgan fingerprint density at radius 2 is 1.45 bits per heavy atom. The number of likely N-dealkylation sites (N-methyl/N-ethyl adjacent to an activating group) is 2. The lowest BCUT2D eigenvalue weighted by molar-refractivity contribution is 0.0998. The maximum absolute atomic E-state index is 11.6. The number of rotatable bonds is 1. The van der Waals surface area contributed by atoms with Crippen LogP contribution in [-0.4, -0.2) is 62.8 Å². The highest BCUT2D eigenvalue weighted by atomic mass is 16.2. The van der Waals surface area contributed by atoms with E-state index in [2.05, 4.69) is 44.8 Å². The molecule has 0 saturated heterocycles. The standard InChI is InChI=1S/C15H19N3.C13H14N4O3/c1-9-7-14-15(17-11(3)10(2)16-14)12-5-6-18(4)8-13(9)12;1-17-3-2-6-8(5-17)7(11(14)18)4-9-10(6)16-13(20)12(19)15-9/h7H,5-6,8H2,1-4H3;4H,2-3,5H2,1H3,(H2,14,18)(H,15,19)(H,16,20). The molecule has 198 valence electrons. The third kappa shape index (κ3) is 4.61. The van der Waals surface area contributed by atoms with Gasteiger partial charge in [0.25, 0.3) is 0 Å². The van der Waals surface area contributed by atoms with Crippen molar-refractivity contribution in [2.24, 2.45) is 5.73 Å². The van der Waals surface area contributed by atoms with Crippen LogP contribution in [0.4, 0.5) is 0 Å². The molecule has 0 aliphatic carbocycles. The van der Waals surface area contributed by atoms with E-state index >= 15 is 0 Å². The van der Waals surface area contributed by atoms with Crippen molar-refractivity contribution in [1.29, 1.82) is 0 Å². The second-order valence-corrected chi connectivity index (χ2v) is 10.5. The average molecular weight is 516 g/mol. The van der Waals surface area contributed by atoms with Gasteiger partial charge in [0.05, 0.1) is 33.5 Å². The zero-order chi connectivity index (χ0) is 27.3. The molecule has 0 atom stereocenters. The van der Waals surface area contributed by atoms with E-state index in [1.54, 1.807) is 0 Å². The average Bonchev–Trinajstić information content (AvgIpc) is 2.86. The Labute approximate surface area is 219 Å². The van der Waals surface area contributed by atoms with Gasteiger partial charge < -0.3 is 25.5 Å². The molecule has 0 unspecified atom stereocenters. The molecule has 38 heavy (non-hydrogen) atoms. The van der Waals surface area contributed by atoms with Crippen LogP contribution in [0.25, 0.3) is 22.1 Å². The van der Waals surface area contributed by atoms with Gasteiger partial charge in [0, 0.05) is 31.7 Å². The van der Waals surface area contributed by atoms with E-state index in [4.69, 9.17) is 10.7 Å². The summed E-state index contributed by atoms with van der Waals surface area (Å²) in [6.45, 7) is 9.81. The molecule has 10 nitrogen and oxygen atoms in total. The first-order chi connectivity index (χ1) is 18.0. The van der Waals surface area contributed by atoms with Gasteiger partial charge in [-0.2, -0.15) is 0 Å². The Kier molecular flexibility index (Phi) is 6.62. The van der Waals surface area contributed by atoms with Gasteiger partial charge in [0.15, 0.2) is 0 Å². The number of nitrogens with zero attached hydrogens (tertiary/aromatic N) is 4. The SMILES string of the molecule is CN1CCc2c(c(C(N)=O)cc3[nH]c(=O)c(=O)[nH]c23)C1.Cc1cc2nc(C)c(C)nc2c2c1CN(C)CC2. The largest absolute Gasteiger partial charge is 0.366 e. The van der Waals surface area contributed by atoms with Crippen LogP contribution in [0.3, 0.4) is 0 Å². The number of amides is 1. The Hall–Kier alpha value is -3.89. The lowest BCUT2D eigenvalue weighted by atomic mass is 9.93. The van der Waals surface area contributed by atoms with E-state index < -0.39 is 17.0 Å². The molecule has 2 aromatic carbocycles. The van der Waals surface area contributed by atoms with Crippen LogP contribution in [0.1, 0.15) is 49.6 Å². The minimum absolute atomic E-state index is 0.391. The number of aryl methyl sites for hydroxylation is 3. The molecule has 2 aliphatic rings. The summed E-state index contributed by atoms with van der Waals surface area (Å²) in [6, 6.07) is 3.72. The fourth-order valence-corrected chi connectivity index (χ4v) is 5.46. The number of nitrogens with two attached hydrogens (primary N) is 1. The number of fused-ring (bicyclic) bond motifs is 6. The first-order valence-electron chi connectivity index (χ1n) is 12.8. The first kappa shape index (κ1) is 25.7. The summed E-state index contributed by atoms with van der Waals surface area (Å²) in [5.74, 6) is -0.537. The summed E-state index contributed by atoms with van der Waals surface area (Å²) in [7, 11) is 4.13. The maximum atomic E-state index is 11.6. The lowest BCUT2D eigenvalue weighted by Crippen LogP contribution is -2.33. The van der Waals surface area contributed by atoms with Crippen molar-refractivity contribution in [3.63, 3.8) is 0 Å². The highest BCUT2D eigenvalue weighted by Gasteiger charge is 2.23. The fraction of sp³-hybridized carbons (Fsp3) is 0.393. The Morgan fingerprint density at radius 3 is 2.13 bits per heavy atom. The van der Waals surface area contributed by atoms with Crippen LogP contribution in [-0.2, 0) is 25.9 Å². The minimum atomic E-state index is -0.735. The van der Waals surface area contributed by atoms with Gasteiger partial charge in [-0.25, -0.2) is 9.97 Å². The monoisotopic (exact) mass is 515 g/mol. The van der Waals surface area contributed by atoms with Gasteiger partial charge in [-0.3, -0.25) is 14.4 Å². The molecule has 0 spiro atoms. The van der Waals surface area contributed by atoms with E-state index in [0.717, 1.165) is 59.6 Å². The van der Waals surface area contributed by atoms with E-state index in [9.17, 15) is 14.4 Å². The van der Waals surface area contributed by atoms with Crippen molar-refractivity contribution in [2.45, 2.75) is 46.7 Å². The number of hydrogen-bond acceptors (Lipinski definition) is 7. The molecule has 10 heteroatoms. The van der Waals surface area contributed by atoms with Crippen molar-refractivity contribution in [2.75, 3.05) is 27.2 Å². The Bertz CT molecular complexity index is 1720. The van der Waals surface area contributed by atoms with Crippen molar-refractivity contribution in [3.05, 3.63) is 77.6 Å². The predicted molar refractivity (Wildman–Crippen MR) is 148 cm³/mol. The number of nitrogens with one attached hydrogen (secondary N) is 2. The molecular weight excluding hydrogens is 482 g/mol. The molecular formula is C28H33N7O3. The van der Waals surface area contributed by atoms with Gasteiger partial charge >= 0.3 is 11.1 Å². The molecule has 4 aromatic rings. The van der Waals surface area contributed by atoms with Gasteiger partial charge in [-0.1, -0.05) is 0 Å². The van der Waals surface area contributed by atoms with E-state index in [1.165, 1.54) is 22.8 Å². The molecule has 1 amide bonds. The quantitative estimate of drug-likeness (QED) is 0.329. The number of carbonyl (C=O) groups is 1. The second-order valence-electron chi connectivity index (χ2n) is 10.5. The maximum Gasteiger partial charge on any atom is 0.314 e. The number of benzene rings is 2. The molecule has 2 aromatic heterocycles. The van der Waals surface area contributed by atoms with E-state index in [0.29, 0.717) is 29.6 Å². The molecule has 0 saturated carbocycles. The van der Waals surface area contributed by atoms with Crippen LogP contribution >= 0.6 is 0 Å². The second kappa shape index (κ2) is 9.77. The van der Waals surface area contributed by atoms with Crippen LogP contribution in [0.2, 0.25) is 0 Å². The Balaban J connectivity index is 0.000000156. The van der Waals surface area contributed by atoms with Crippen LogP contribution in [0, 0.1) is 20.8 Å². The highest BCUT2D eigenvalue weighted by molar-refractivity contribution is 5.99. The zero-order valence-corrected chi connectivity index (χ0v) is 22.5. The molecule has 0 fully saturated rings. The van der Waals surface area contributed by atoms with Crippen molar-refractivity contribution in [1.82, 2.24) is 29.7 Å². The summed E-state index contributed by atoms with van der Waals surface area (Å²) in [5.41, 5.74) is 15.6. The number of aromatic nitrogens is 4. The summed E-state index contributed by atoms with van der Waals surface area (Å²) in [4.78, 5) is 53.5. The van der Waals surface area contributed by atoms with E-state index in [-0.39, 0.29) is 0 Å². The van der Waals surface area contributed by atoms with Crippen molar-refractivity contribution < 1.29 is 4.79 Å². The topological polar surface area (TPSA) is 141 Å². The summed E-state index contributed by atoms with van der Waals surface area (Å²) < 4.78 is 0. The minimum Gasteiger partial charge on any atom is -0.366 e. The summed E-state index contributed by atoms with van der Waals surface area (Å²) >= 11 is 0. The molecule has 2 aliphatic heterocycles. The van der Waals surface area contributed by atoms with Gasteiger partial charge in [0.2, 0.25) is 5.91 Å². The van der Waals surface area contributed by atoms with Gasteiger partial charge in [-0.15, -0.1) is 0 Å². The molecule has 0 radical (unpaired) electrons. The molecule has 0 bridgehead atoms. The normalized spacial score (nSPS) is 15.6. The zero-order valence-electron chi connectivity index (χ0n) is 22.5. The van der Waals surface area contributed by atoms with Crippen LogP contribution < -0.4 is 16.9 Å². The van der Waals surface area contributed by atoms with Crippen LogP contribution in [0.15, 0.2) is 21.7 Å². The third-order valence-electron chi connectivity index (χ3n) is 7.66. The highest BCUT2D eigenvalue weighted by Crippen LogP contribution is 2.29. The number of H-pyrrole nitrogens is 2. The Morgan fingerprint density at radius 1 is 0.842 bits per heavy atom. The van der Waals surface area contributed by atoms with Gasteiger partial charge in [0.1, 0.15) is 0 Å². The predicted octanol–water partition coefficient (Wildman–Crippen LogP) is 1.85. The third-order valence-corrected chi connectivity index (χ3v) is 7.66. The number of aromatic amines is 2. The smallest absolute Gasteiger partial charge is 0.314 e. The lowest BCUT2D eigenvalue weighted by Gasteiger charge is -2.27.